The molecule has 0 aliphatic carbocycles. The highest BCUT2D eigenvalue weighted by Crippen LogP contribution is 2.25. The molecule has 1 N–H and O–H groups in total. The first-order valence-corrected chi connectivity index (χ1v) is 6.26. The second kappa shape index (κ2) is 5.70. The zero-order valence-electron chi connectivity index (χ0n) is 11.2. The van der Waals surface area contributed by atoms with Crippen molar-refractivity contribution < 1.29 is 0 Å². The number of nitrogens with one attached hydrogen (secondary N) is 1. The minimum absolute atomic E-state index is 0.261. The zero-order chi connectivity index (χ0) is 13.0. The number of hydrogen-bond donors (Lipinski definition) is 1. The zero-order valence-corrected chi connectivity index (χ0v) is 11.2. The Labute approximate surface area is 108 Å². The Hall–Kier alpha value is -1.79. The van der Waals surface area contributed by atoms with Gasteiger partial charge in [-0.3, -0.25) is 4.68 Å². The number of rotatable bonds is 4. The molecular formula is C15H19N3. The fourth-order valence-corrected chi connectivity index (χ4v) is 2.26. The monoisotopic (exact) mass is 241 g/mol. The Morgan fingerprint density at radius 3 is 2.89 bits per heavy atom. The molecule has 18 heavy (non-hydrogen) atoms. The first-order valence-electron chi connectivity index (χ1n) is 6.26. The van der Waals surface area contributed by atoms with Crippen LogP contribution in [-0.2, 0) is 7.05 Å². The molecule has 0 aliphatic heterocycles. The third-order valence-corrected chi connectivity index (χ3v) is 3.20. The van der Waals surface area contributed by atoms with Crippen LogP contribution in [0.15, 0.2) is 24.3 Å². The minimum atomic E-state index is 0.261. The molecule has 3 heteroatoms. The van der Waals surface area contributed by atoms with Gasteiger partial charge in [-0.25, -0.2) is 0 Å². The van der Waals surface area contributed by atoms with Crippen LogP contribution in [0.3, 0.4) is 0 Å². The maximum absolute atomic E-state index is 4.65. The lowest BCUT2D eigenvalue weighted by molar-refractivity contribution is 0.538. The number of aryl methyl sites for hydroxylation is 1. The van der Waals surface area contributed by atoms with Gasteiger partial charge in [0.15, 0.2) is 0 Å². The summed E-state index contributed by atoms with van der Waals surface area (Å²) in [5.41, 5.74) is 2.29. The van der Waals surface area contributed by atoms with Crippen molar-refractivity contribution in [3.8, 4) is 11.8 Å². The molecule has 94 valence electrons. The van der Waals surface area contributed by atoms with Crippen LogP contribution in [0.5, 0.6) is 0 Å². The molecule has 2 aromatic rings. The Kier molecular flexibility index (Phi) is 4.01. The molecular weight excluding hydrogens is 222 g/mol. The maximum Gasteiger partial charge on any atom is 0.0872 e. The summed E-state index contributed by atoms with van der Waals surface area (Å²) in [6, 6.07) is 8.60. The van der Waals surface area contributed by atoms with Crippen molar-refractivity contribution in [2.45, 2.75) is 25.8 Å². The van der Waals surface area contributed by atoms with E-state index < -0.39 is 0 Å². The van der Waals surface area contributed by atoms with E-state index >= 15 is 0 Å². The quantitative estimate of drug-likeness (QED) is 0.834. The molecule has 0 saturated heterocycles. The molecule has 0 radical (unpaired) electrons. The number of para-hydroxylation sites is 1. The van der Waals surface area contributed by atoms with E-state index in [1.807, 2.05) is 31.8 Å². The summed E-state index contributed by atoms with van der Waals surface area (Å²) in [5.74, 6) is 6.05. The minimum Gasteiger partial charge on any atom is -0.312 e. The first-order chi connectivity index (χ1) is 8.77. The van der Waals surface area contributed by atoms with Gasteiger partial charge in [-0.05, 0) is 26.5 Å². The molecule has 1 unspecified atom stereocenters. The van der Waals surface area contributed by atoms with Gasteiger partial charge in [0.1, 0.15) is 0 Å². The van der Waals surface area contributed by atoms with E-state index in [0.717, 1.165) is 18.5 Å². The van der Waals surface area contributed by atoms with Crippen LogP contribution < -0.4 is 5.32 Å². The van der Waals surface area contributed by atoms with Crippen LogP contribution in [0.1, 0.15) is 31.5 Å². The lowest BCUT2D eigenvalue weighted by Crippen LogP contribution is -2.17. The number of hydrogen-bond acceptors (Lipinski definition) is 2. The van der Waals surface area contributed by atoms with E-state index in [9.17, 15) is 0 Å². The van der Waals surface area contributed by atoms with Crippen molar-refractivity contribution in [2.75, 3.05) is 7.05 Å². The van der Waals surface area contributed by atoms with Crippen LogP contribution in [0.25, 0.3) is 10.9 Å². The first kappa shape index (κ1) is 12.7. The summed E-state index contributed by atoms with van der Waals surface area (Å²) in [6.07, 6.45) is 1.88. The average molecular weight is 241 g/mol. The number of fused-ring (bicyclic) bond motifs is 1. The lowest BCUT2D eigenvalue weighted by atomic mass is 10.0. The van der Waals surface area contributed by atoms with E-state index in [1.54, 1.807) is 0 Å². The predicted molar refractivity (Wildman–Crippen MR) is 75.2 cm³/mol. The molecule has 1 atom stereocenters. The second-order valence-corrected chi connectivity index (χ2v) is 4.33. The van der Waals surface area contributed by atoms with Gasteiger partial charge in [-0.1, -0.05) is 18.2 Å². The van der Waals surface area contributed by atoms with E-state index in [1.165, 1.54) is 10.9 Å². The van der Waals surface area contributed by atoms with Gasteiger partial charge in [0.05, 0.1) is 17.3 Å². The molecule has 0 amide bonds. The summed E-state index contributed by atoms with van der Waals surface area (Å²) in [6.45, 7) is 1.88. The van der Waals surface area contributed by atoms with Gasteiger partial charge >= 0.3 is 0 Å². The van der Waals surface area contributed by atoms with Gasteiger partial charge in [0.25, 0.3) is 0 Å². The molecule has 3 nitrogen and oxygen atoms in total. The van der Waals surface area contributed by atoms with Crippen LogP contribution >= 0.6 is 0 Å². The Balaban J connectivity index is 2.35. The fourth-order valence-electron chi connectivity index (χ4n) is 2.26. The van der Waals surface area contributed by atoms with Crippen molar-refractivity contribution in [1.29, 1.82) is 0 Å². The van der Waals surface area contributed by atoms with Crippen LogP contribution in [-0.4, -0.2) is 16.8 Å². The second-order valence-electron chi connectivity index (χ2n) is 4.33. The maximum atomic E-state index is 4.65. The number of nitrogens with zero attached hydrogens (tertiary/aromatic N) is 2. The van der Waals surface area contributed by atoms with E-state index in [4.69, 9.17) is 0 Å². The Morgan fingerprint density at radius 2 is 2.17 bits per heavy atom. The summed E-state index contributed by atoms with van der Waals surface area (Å²) in [7, 11) is 3.97. The largest absolute Gasteiger partial charge is 0.312 e. The molecule has 0 spiro atoms. The normalized spacial score (nSPS) is 12.2. The highest BCUT2D eigenvalue weighted by Gasteiger charge is 2.16. The average Bonchev–Trinajstić information content (AvgIpc) is 2.73. The van der Waals surface area contributed by atoms with Crippen LogP contribution in [0.4, 0.5) is 0 Å². The highest BCUT2D eigenvalue weighted by molar-refractivity contribution is 5.82. The summed E-state index contributed by atoms with van der Waals surface area (Å²) < 4.78 is 1.94. The topological polar surface area (TPSA) is 29.9 Å². The SMILES string of the molecule is CC#CCCC(NC)c1nn(C)c2ccccc12. The van der Waals surface area contributed by atoms with Gasteiger partial charge in [0.2, 0.25) is 0 Å². The van der Waals surface area contributed by atoms with Gasteiger partial charge < -0.3 is 5.32 Å². The van der Waals surface area contributed by atoms with Crippen molar-refractivity contribution in [1.82, 2.24) is 15.1 Å². The molecule has 0 bridgehead atoms. The van der Waals surface area contributed by atoms with Crippen molar-refractivity contribution in [2.24, 2.45) is 7.05 Å². The van der Waals surface area contributed by atoms with Crippen LogP contribution in [0, 0.1) is 11.8 Å². The van der Waals surface area contributed by atoms with E-state index in [0.29, 0.717) is 0 Å². The number of benzene rings is 1. The van der Waals surface area contributed by atoms with Gasteiger partial charge in [0, 0.05) is 18.9 Å². The van der Waals surface area contributed by atoms with Gasteiger partial charge in [-0.2, -0.15) is 5.10 Å². The summed E-state index contributed by atoms with van der Waals surface area (Å²) >= 11 is 0. The molecule has 1 aromatic heterocycles. The summed E-state index contributed by atoms with van der Waals surface area (Å²) in [5, 5.41) is 9.21. The summed E-state index contributed by atoms with van der Waals surface area (Å²) in [4.78, 5) is 0. The van der Waals surface area contributed by atoms with Crippen LogP contribution in [0.2, 0.25) is 0 Å². The predicted octanol–water partition coefficient (Wildman–Crippen LogP) is 2.64. The molecule has 1 heterocycles. The lowest BCUT2D eigenvalue weighted by Gasteiger charge is -2.12. The van der Waals surface area contributed by atoms with Gasteiger partial charge in [-0.15, -0.1) is 11.8 Å². The van der Waals surface area contributed by atoms with Crippen molar-refractivity contribution >= 4 is 10.9 Å². The smallest absolute Gasteiger partial charge is 0.0872 e. The fraction of sp³-hybridized carbons (Fsp3) is 0.400. The standard InChI is InChI=1S/C15H19N3/c1-4-5-6-10-13(16-2)15-12-9-7-8-11-14(12)18(3)17-15/h7-9,11,13,16H,6,10H2,1-3H3. The third-order valence-electron chi connectivity index (χ3n) is 3.20. The Morgan fingerprint density at radius 1 is 1.39 bits per heavy atom. The molecule has 1 aromatic carbocycles. The van der Waals surface area contributed by atoms with Crippen molar-refractivity contribution in [3.05, 3.63) is 30.0 Å². The molecule has 0 saturated carbocycles. The van der Waals surface area contributed by atoms with Crippen molar-refractivity contribution in [3.63, 3.8) is 0 Å². The molecule has 2 rings (SSSR count). The van der Waals surface area contributed by atoms with E-state index in [2.05, 4.69) is 40.5 Å². The van der Waals surface area contributed by atoms with E-state index in [-0.39, 0.29) is 6.04 Å². The Bertz CT molecular complexity index is 587. The molecule has 0 fully saturated rings. The molecule has 0 aliphatic rings. The highest BCUT2D eigenvalue weighted by atomic mass is 15.3. The third kappa shape index (κ3) is 2.39. The number of aromatic nitrogens is 2.